The molecule has 0 aliphatic carbocycles. The maximum atomic E-state index is 10.5. The van der Waals surface area contributed by atoms with Crippen molar-refractivity contribution in [1.29, 1.82) is 0 Å². The molecule has 6 nitrogen and oxygen atoms in total. The molecule has 0 saturated carbocycles. The Balaban J connectivity index is 0.00000312. The molecular formula is C17H27IN4O2S. The normalized spacial score (nSPS) is 13.9. The average molecular weight is 478 g/mol. The van der Waals surface area contributed by atoms with Gasteiger partial charge in [0.15, 0.2) is 5.96 Å². The minimum Gasteiger partial charge on any atom is -0.466 e. The lowest BCUT2D eigenvalue weighted by atomic mass is 10.0. The minimum atomic E-state index is -1.13. The van der Waals surface area contributed by atoms with Gasteiger partial charge in [-0.2, -0.15) is 0 Å². The van der Waals surface area contributed by atoms with E-state index in [1.165, 1.54) is 4.88 Å². The summed E-state index contributed by atoms with van der Waals surface area (Å²) in [7, 11) is 0. The fourth-order valence-corrected chi connectivity index (χ4v) is 3.27. The van der Waals surface area contributed by atoms with Crippen molar-refractivity contribution in [3.05, 3.63) is 39.7 Å². The van der Waals surface area contributed by atoms with Crippen LogP contribution in [0.15, 0.2) is 27.8 Å². The molecule has 0 radical (unpaired) electrons. The molecule has 0 aliphatic heterocycles. The van der Waals surface area contributed by atoms with Gasteiger partial charge in [-0.05, 0) is 39.8 Å². The first-order chi connectivity index (χ1) is 11.4. The molecule has 140 valence electrons. The fraction of sp³-hybridized carbons (Fsp3) is 0.529. The van der Waals surface area contributed by atoms with Gasteiger partial charge in [0, 0.05) is 24.4 Å². The highest BCUT2D eigenvalue weighted by molar-refractivity contribution is 14.0. The fourth-order valence-electron chi connectivity index (χ4n) is 2.34. The van der Waals surface area contributed by atoms with Crippen LogP contribution in [0.25, 0.3) is 0 Å². The van der Waals surface area contributed by atoms with Crippen molar-refractivity contribution in [2.24, 2.45) is 4.99 Å². The Kier molecular flexibility index (Phi) is 8.87. The van der Waals surface area contributed by atoms with Crippen LogP contribution in [0.2, 0.25) is 0 Å². The molecule has 2 aromatic heterocycles. The topological polar surface area (TPSA) is 82.7 Å². The van der Waals surface area contributed by atoms with E-state index < -0.39 is 5.60 Å². The van der Waals surface area contributed by atoms with Crippen molar-refractivity contribution < 1.29 is 9.52 Å². The summed E-state index contributed by atoms with van der Waals surface area (Å²) in [5.74, 6) is 1.20. The predicted molar refractivity (Wildman–Crippen MR) is 113 cm³/mol. The van der Waals surface area contributed by atoms with Crippen LogP contribution in [0.1, 0.15) is 35.2 Å². The van der Waals surface area contributed by atoms with E-state index >= 15 is 0 Å². The molecule has 0 amide bonds. The van der Waals surface area contributed by atoms with Gasteiger partial charge in [0.05, 0.1) is 23.5 Å². The van der Waals surface area contributed by atoms with Crippen molar-refractivity contribution in [2.45, 2.75) is 39.7 Å². The van der Waals surface area contributed by atoms with Crippen LogP contribution in [0.5, 0.6) is 0 Å². The number of hydrogen-bond acceptors (Lipinski definition) is 5. The van der Waals surface area contributed by atoms with Crippen LogP contribution in [0.4, 0.5) is 0 Å². The molecule has 0 saturated heterocycles. The lowest BCUT2D eigenvalue weighted by Crippen LogP contribution is -2.39. The smallest absolute Gasteiger partial charge is 0.191 e. The molecule has 25 heavy (non-hydrogen) atoms. The number of aliphatic hydroxyl groups is 1. The van der Waals surface area contributed by atoms with Crippen molar-refractivity contribution in [2.75, 3.05) is 19.6 Å². The third-order valence-electron chi connectivity index (χ3n) is 3.59. The molecule has 2 aromatic rings. The number of furan rings is 1. The molecule has 3 N–H and O–H groups in total. The molecule has 8 heteroatoms. The first kappa shape index (κ1) is 21.9. The molecular weight excluding hydrogens is 451 g/mol. The van der Waals surface area contributed by atoms with E-state index in [1.807, 2.05) is 20.8 Å². The van der Waals surface area contributed by atoms with Gasteiger partial charge >= 0.3 is 0 Å². The Hall–Kier alpha value is -1.13. The largest absolute Gasteiger partial charge is 0.466 e. The predicted octanol–water partition coefficient (Wildman–Crippen LogP) is 2.98. The van der Waals surface area contributed by atoms with E-state index in [-0.39, 0.29) is 30.5 Å². The Morgan fingerprint density at radius 2 is 2.16 bits per heavy atom. The third kappa shape index (κ3) is 6.59. The Morgan fingerprint density at radius 1 is 1.40 bits per heavy atom. The lowest BCUT2D eigenvalue weighted by molar-refractivity contribution is 0.0437. The minimum absolute atomic E-state index is 0. The van der Waals surface area contributed by atoms with Crippen molar-refractivity contribution in [3.8, 4) is 0 Å². The molecule has 2 heterocycles. The highest BCUT2D eigenvalue weighted by Gasteiger charge is 2.26. The Labute approximate surface area is 170 Å². The van der Waals surface area contributed by atoms with Gasteiger partial charge in [-0.15, -0.1) is 35.3 Å². The number of nitrogens with one attached hydrogen (secondary N) is 2. The summed E-state index contributed by atoms with van der Waals surface area (Å²) < 4.78 is 5.28. The number of aliphatic imine (C=N–C) groups is 1. The van der Waals surface area contributed by atoms with Crippen LogP contribution >= 0.6 is 35.3 Å². The second-order valence-corrected chi connectivity index (χ2v) is 7.15. The van der Waals surface area contributed by atoms with Gasteiger partial charge in [0.2, 0.25) is 0 Å². The number of aryl methyl sites for hydroxylation is 2. The van der Waals surface area contributed by atoms with Crippen LogP contribution in [-0.4, -0.2) is 35.7 Å². The summed E-state index contributed by atoms with van der Waals surface area (Å²) >= 11 is 1.73. The summed E-state index contributed by atoms with van der Waals surface area (Å²) in [6, 6.07) is 3.52. The van der Waals surface area contributed by atoms with Gasteiger partial charge in [-0.25, -0.2) is 9.98 Å². The van der Waals surface area contributed by atoms with Crippen LogP contribution in [0, 0.1) is 13.8 Å². The number of nitrogens with zero attached hydrogens (tertiary/aromatic N) is 2. The van der Waals surface area contributed by atoms with Crippen molar-refractivity contribution in [3.63, 3.8) is 0 Å². The van der Waals surface area contributed by atoms with E-state index in [4.69, 9.17) is 4.42 Å². The molecule has 2 rings (SSSR count). The number of thiazole rings is 1. The van der Waals surface area contributed by atoms with E-state index in [9.17, 15) is 5.11 Å². The van der Waals surface area contributed by atoms with Crippen LogP contribution < -0.4 is 10.6 Å². The van der Waals surface area contributed by atoms with E-state index in [0.717, 1.165) is 30.2 Å². The molecule has 1 unspecified atom stereocenters. The Morgan fingerprint density at radius 3 is 2.72 bits per heavy atom. The van der Waals surface area contributed by atoms with Gasteiger partial charge in [0.25, 0.3) is 0 Å². The molecule has 0 bridgehead atoms. The quantitative estimate of drug-likeness (QED) is 0.324. The van der Waals surface area contributed by atoms with Gasteiger partial charge in [0.1, 0.15) is 11.4 Å². The molecule has 0 aliphatic rings. The third-order valence-corrected chi connectivity index (χ3v) is 4.72. The maximum absolute atomic E-state index is 10.5. The second kappa shape index (κ2) is 10.1. The second-order valence-electron chi connectivity index (χ2n) is 5.86. The number of halogens is 1. The van der Waals surface area contributed by atoms with Crippen LogP contribution in [0.3, 0.4) is 0 Å². The number of guanidine groups is 1. The molecule has 1 atom stereocenters. The number of aromatic nitrogens is 1. The van der Waals surface area contributed by atoms with Gasteiger partial charge in [-0.1, -0.05) is 0 Å². The zero-order valence-electron chi connectivity index (χ0n) is 15.1. The zero-order valence-corrected chi connectivity index (χ0v) is 18.3. The first-order valence-electron chi connectivity index (χ1n) is 8.14. The SMILES string of the molecule is CCNC(=NCC(C)(O)c1ccco1)NCCc1sc(C)nc1C.I. The zero-order chi connectivity index (χ0) is 17.6. The van der Waals surface area contributed by atoms with Crippen LogP contribution in [-0.2, 0) is 12.0 Å². The molecule has 0 fully saturated rings. The summed E-state index contributed by atoms with van der Waals surface area (Å²) in [5.41, 5.74) is -0.0287. The summed E-state index contributed by atoms with van der Waals surface area (Å²) in [4.78, 5) is 10.2. The summed E-state index contributed by atoms with van der Waals surface area (Å²) in [5, 5.41) is 18.1. The van der Waals surface area contributed by atoms with Gasteiger partial charge < -0.3 is 20.2 Å². The highest BCUT2D eigenvalue weighted by atomic mass is 127. The standard InChI is InChI=1S/C17H26N4O2S.HI/c1-5-18-16(19-9-8-14-12(2)21-13(3)24-14)20-11-17(4,22)15-7-6-10-23-15;/h6-7,10,22H,5,8-9,11H2,1-4H3,(H2,18,19,20);1H. The maximum Gasteiger partial charge on any atom is 0.191 e. The summed E-state index contributed by atoms with van der Waals surface area (Å²) in [6.07, 6.45) is 2.45. The highest BCUT2D eigenvalue weighted by Crippen LogP contribution is 2.21. The Bertz CT molecular complexity index is 668. The average Bonchev–Trinajstić information content (AvgIpc) is 3.15. The van der Waals surface area contributed by atoms with E-state index in [1.54, 1.807) is 36.7 Å². The lowest BCUT2D eigenvalue weighted by Gasteiger charge is -2.19. The van der Waals surface area contributed by atoms with Gasteiger partial charge in [-0.3, -0.25) is 0 Å². The molecule has 0 aromatic carbocycles. The monoisotopic (exact) mass is 478 g/mol. The van der Waals surface area contributed by atoms with Crippen molar-refractivity contribution in [1.82, 2.24) is 15.6 Å². The van der Waals surface area contributed by atoms with E-state index in [2.05, 4.69) is 20.6 Å². The first-order valence-corrected chi connectivity index (χ1v) is 8.95. The van der Waals surface area contributed by atoms with E-state index in [0.29, 0.717) is 11.7 Å². The molecule has 0 spiro atoms. The van der Waals surface area contributed by atoms with Crippen molar-refractivity contribution >= 4 is 41.3 Å². The number of rotatable bonds is 7. The number of hydrogen-bond donors (Lipinski definition) is 3. The summed E-state index contributed by atoms with van der Waals surface area (Å²) in [6.45, 7) is 9.51.